The SMILES string of the molecule is Cc1ccccc1C(=O)NCCC(=O)N1CCN(C(c2ccccc2)c2ccccc2)CC1. The van der Waals surface area contributed by atoms with Crippen LogP contribution in [0.25, 0.3) is 0 Å². The highest BCUT2D eigenvalue weighted by Crippen LogP contribution is 2.29. The first-order valence-corrected chi connectivity index (χ1v) is 11.6. The molecule has 0 saturated carbocycles. The van der Waals surface area contributed by atoms with Gasteiger partial charge in [-0.2, -0.15) is 0 Å². The molecule has 0 aliphatic carbocycles. The second-order valence-electron chi connectivity index (χ2n) is 8.46. The van der Waals surface area contributed by atoms with Crippen LogP contribution in [0.5, 0.6) is 0 Å². The molecule has 1 aliphatic heterocycles. The predicted octanol–water partition coefficient (Wildman–Crippen LogP) is 4.05. The van der Waals surface area contributed by atoms with Gasteiger partial charge in [0.05, 0.1) is 6.04 Å². The molecule has 5 nitrogen and oxygen atoms in total. The van der Waals surface area contributed by atoms with E-state index in [9.17, 15) is 9.59 Å². The molecule has 3 aromatic carbocycles. The summed E-state index contributed by atoms with van der Waals surface area (Å²) in [6, 6.07) is 28.8. The van der Waals surface area contributed by atoms with Gasteiger partial charge in [0.15, 0.2) is 0 Å². The Kier molecular flexibility index (Phi) is 7.53. The molecular formula is C28H31N3O2. The van der Waals surface area contributed by atoms with Crippen molar-refractivity contribution in [1.29, 1.82) is 0 Å². The molecule has 0 atom stereocenters. The van der Waals surface area contributed by atoms with Gasteiger partial charge >= 0.3 is 0 Å². The van der Waals surface area contributed by atoms with Crippen molar-refractivity contribution >= 4 is 11.8 Å². The summed E-state index contributed by atoms with van der Waals surface area (Å²) in [7, 11) is 0. The van der Waals surface area contributed by atoms with Crippen molar-refractivity contribution in [3.63, 3.8) is 0 Å². The number of carbonyl (C=O) groups is 2. The topological polar surface area (TPSA) is 52.7 Å². The molecule has 1 heterocycles. The van der Waals surface area contributed by atoms with E-state index >= 15 is 0 Å². The van der Waals surface area contributed by atoms with Crippen molar-refractivity contribution in [3.8, 4) is 0 Å². The van der Waals surface area contributed by atoms with Crippen molar-refractivity contribution in [1.82, 2.24) is 15.1 Å². The first kappa shape index (κ1) is 22.7. The Bertz CT molecular complexity index is 1020. The van der Waals surface area contributed by atoms with Crippen LogP contribution < -0.4 is 5.32 Å². The molecule has 33 heavy (non-hydrogen) atoms. The zero-order chi connectivity index (χ0) is 23.0. The van der Waals surface area contributed by atoms with E-state index in [-0.39, 0.29) is 17.9 Å². The van der Waals surface area contributed by atoms with Gasteiger partial charge in [0, 0.05) is 44.7 Å². The summed E-state index contributed by atoms with van der Waals surface area (Å²) in [5, 5.41) is 2.88. The first-order valence-electron chi connectivity index (χ1n) is 11.6. The minimum Gasteiger partial charge on any atom is -0.352 e. The molecule has 4 rings (SSSR count). The molecule has 0 bridgehead atoms. The molecule has 0 aromatic heterocycles. The van der Waals surface area contributed by atoms with E-state index in [1.807, 2.05) is 48.2 Å². The van der Waals surface area contributed by atoms with Gasteiger partial charge in [0.2, 0.25) is 5.91 Å². The number of carbonyl (C=O) groups excluding carboxylic acids is 2. The van der Waals surface area contributed by atoms with Crippen LogP contribution in [0.4, 0.5) is 0 Å². The molecule has 2 amide bonds. The van der Waals surface area contributed by atoms with Gasteiger partial charge in [-0.05, 0) is 29.7 Å². The van der Waals surface area contributed by atoms with Crippen LogP contribution >= 0.6 is 0 Å². The fourth-order valence-corrected chi connectivity index (χ4v) is 4.48. The summed E-state index contributed by atoms with van der Waals surface area (Å²) in [6.07, 6.45) is 0.318. The molecule has 0 unspecified atom stereocenters. The smallest absolute Gasteiger partial charge is 0.251 e. The number of hydrogen-bond acceptors (Lipinski definition) is 3. The highest BCUT2D eigenvalue weighted by atomic mass is 16.2. The van der Waals surface area contributed by atoms with E-state index < -0.39 is 0 Å². The Morgan fingerprint density at radius 1 is 0.788 bits per heavy atom. The molecule has 1 aliphatic rings. The molecule has 0 radical (unpaired) electrons. The zero-order valence-electron chi connectivity index (χ0n) is 19.1. The normalized spacial score (nSPS) is 14.3. The lowest BCUT2D eigenvalue weighted by Crippen LogP contribution is -2.50. The predicted molar refractivity (Wildman–Crippen MR) is 131 cm³/mol. The van der Waals surface area contributed by atoms with Gasteiger partial charge < -0.3 is 10.2 Å². The number of aryl methyl sites for hydroxylation is 1. The largest absolute Gasteiger partial charge is 0.352 e. The highest BCUT2D eigenvalue weighted by Gasteiger charge is 2.28. The summed E-state index contributed by atoms with van der Waals surface area (Å²) in [6.45, 7) is 5.29. The van der Waals surface area contributed by atoms with Crippen molar-refractivity contribution in [2.24, 2.45) is 0 Å². The lowest BCUT2D eigenvalue weighted by atomic mass is 9.96. The minimum atomic E-state index is -0.126. The van der Waals surface area contributed by atoms with Crippen molar-refractivity contribution < 1.29 is 9.59 Å². The van der Waals surface area contributed by atoms with Crippen LogP contribution in [-0.4, -0.2) is 54.3 Å². The maximum absolute atomic E-state index is 12.8. The van der Waals surface area contributed by atoms with Crippen LogP contribution in [0, 0.1) is 6.92 Å². The summed E-state index contributed by atoms with van der Waals surface area (Å²) in [4.78, 5) is 29.5. The Morgan fingerprint density at radius 2 is 1.33 bits per heavy atom. The average molecular weight is 442 g/mol. The molecule has 0 spiro atoms. The fraction of sp³-hybridized carbons (Fsp3) is 0.286. The summed E-state index contributed by atoms with van der Waals surface area (Å²) >= 11 is 0. The van der Waals surface area contributed by atoms with E-state index in [0.29, 0.717) is 31.6 Å². The number of nitrogens with zero attached hydrogens (tertiary/aromatic N) is 2. The highest BCUT2D eigenvalue weighted by molar-refractivity contribution is 5.95. The van der Waals surface area contributed by atoms with Crippen LogP contribution in [0.15, 0.2) is 84.9 Å². The van der Waals surface area contributed by atoms with Crippen LogP contribution in [0.3, 0.4) is 0 Å². The van der Waals surface area contributed by atoms with Gasteiger partial charge in [-0.1, -0.05) is 78.9 Å². The third-order valence-electron chi connectivity index (χ3n) is 6.28. The van der Waals surface area contributed by atoms with Gasteiger partial charge in [-0.3, -0.25) is 14.5 Å². The van der Waals surface area contributed by atoms with Gasteiger partial charge in [0.25, 0.3) is 5.91 Å². The number of amides is 2. The van der Waals surface area contributed by atoms with Gasteiger partial charge in [-0.25, -0.2) is 0 Å². The molecular weight excluding hydrogens is 410 g/mol. The lowest BCUT2D eigenvalue weighted by molar-refractivity contribution is -0.133. The van der Waals surface area contributed by atoms with Crippen molar-refractivity contribution in [2.75, 3.05) is 32.7 Å². The van der Waals surface area contributed by atoms with E-state index in [1.54, 1.807) is 0 Å². The second-order valence-corrected chi connectivity index (χ2v) is 8.46. The van der Waals surface area contributed by atoms with Crippen LogP contribution in [0.1, 0.15) is 39.5 Å². The number of hydrogen-bond donors (Lipinski definition) is 1. The standard InChI is InChI=1S/C28H31N3O2/c1-22-10-8-9-15-25(22)28(33)29-17-16-26(32)30-18-20-31(21-19-30)27(23-11-4-2-5-12-23)24-13-6-3-7-14-24/h2-15,27H,16-21H2,1H3,(H,29,33). The maximum atomic E-state index is 12.8. The summed E-state index contributed by atoms with van der Waals surface area (Å²) < 4.78 is 0. The third kappa shape index (κ3) is 5.68. The number of nitrogens with one attached hydrogen (secondary N) is 1. The lowest BCUT2D eigenvalue weighted by Gasteiger charge is -2.40. The van der Waals surface area contributed by atoms with Gasteiger partial charge in [-0.15, -0.1) is 0 Å². The molecule has 1 saturated heterocycles. The number of benzene rings is 3. The molecule has 170 valence electrons. The van der Waals surface area contributed by atoms with Crippen molar-refractivity contribution in [2.45, 2.75) is 19.4 Å². The summed E-state index contributed by atoms with van der Waals surface area (Å²) in [5.74, 6) is -0.0324. The van der Waals surface area contributed by atoms with E-state index in [0.717, 1.165) is 18.7 Å². The Morgan fingerprint density at radius 3 is 1.91 bits per heavy atom. The average Bonchev–Trinajstić information content (AvgIpc) is 2.86. The Balaban J connectivity index is 1.31. The second kappa shape index (κ2) is 10.9. The first-order chi connectivity index (χ1) is 16.1. The fourth-order valence-electron chi connectivity index (χ4n) is 4.48. The molecule has 1 N–H and O–H groups in total. The molecule has 3 aromatic rings. The third-order valence-corrected chi connectivity index (χ3v) is 6.28. The molecule has 1 fully saturated rings. The Labute approximate surface area is 196 Å². The van der Waals surface area contributed by atoms with Crippen LogP contribution in [-0.2, 0) is 4.79 Å². The zero-order valence-corrected chi connectivity index (χ0v) is 19.1. The Hall–Kier alpha value is -3.44. The van der Waals surface area contributed by atoms with E-state index in [1.165, 1.54) is 11.1 Å². The van der Waals surface area contributed by atoms with E-state index in [2.05, 4.69) is 58.7 Å². The van der Waals surface area contributed by atoms with Crippen LogP contribution in [0.2, 0.25) is 0 Å². The number of rotatable bonds is 7. The minimum absolute atomic E-state index is 0.0932. The monoisotopic (exact) mass is 441 g/mol. The molecule has 5 heteroatoms. The summed E-state index contributed by atoms with van der Waals surface area (Å²) in [5.41, 5.74) is 4.13. The number of piperazine rings is 1. The quantitative estimate of drug-likeness (QED) is 0.602. The van der Waals surface area contributed by atoms with Crippen molar-refractivity contribution in [3.05, 3.63) is 107 Å². The van der Waals surface area contributed by atoms with E-state index in [4.69, 9.17) is 0 Å². The maximum Gasteiger partial charge on any atom is 0.251 e. The van der Waals surface area contributed by atoms with Gasteiger partial charge in [0.1, 0.15) is 0 Å².